The quantitative estimate of drug-likeness (QED) is 0.833. The van der Waals surface area contributed by atoms with Crippen LogP contribution in [0.3, 0.4) is 0 Å². The first-order valence-corrected chi connectivity index (χ1v) is 8.14. The third-order valence-corrected chi connectivity index (χ3v) is 4.46. The lowest BCUT2D eigenvalue weighted by molar-refractivity contribution is 0.197. The van der Waals surface area contributed by atoms with Crippen molar-refractivity contribution in [2.45, 2.75) is 6.42 Å². The Morgan fingerprint density at radius 2 is 2.18 bits per heavy atom. The molecule has 1 aliphatic rings. The van der Waals surface area contributed by atoms with Crippen LogP contribution >= 0.6 is 11.8 Å². The Hall–Kier alpha value is -1.92. The lowest BCUT2D eigenvalue weighted by Gasteiger charge is -2.27. The van der Waals surface area contributed by atoms with Gasteiger partial charge in [-0.3, -0.25) is 15.4 Å². The van der Waals surface area contributed by atoms with E-state index in [-0.39, 0.29) is 0 Å². The maximum absolute atomic E-state index is 5.04. The molecule has 0 unspecified atom stereocenters. The van der Waals surface area contributed by atoms with Crippen molar-refractivity contribution in [2.24, 2.45) is 4.99 Å². The van der Waals surface area contributed by atoms with Gasteiger partial charge in [-0.15, -0.1) is 0 Å². The number of aromatic nitrogens is 1. The van der Waals surface area contributed by atoms with Crippen molar-refractivity contribution in [1.82, 2.24) is 15.4 Å². The molecule has 0 spiro atoms. The second-order valence-corrected chi connectivity index (χ2v) is 5.92. The van der Waals surface area contributed by atoms with Crippen LogP contribution in [0.2, 0.25) is 0 Å². The number of hydrogen-bond acceptors (Lipinski definition) is 4. The van der Waals surface area contributed by atoms with E-state index in [1.807, 2.05) is 24.3 Å². The van der Waals surface area contributed by atoms with Crippen molar-refractivity contribution in [1.29, 1.82) is 0 Å². The number of fused-ring (bicyclic) bond motifs is 1. The highest BCUT2D eigenvalue weighted by Crippen LogP contribution is 2.28. The Balaban J connectivity index is 1.76. The van der Waals surface area contributed by atoms with E-state index in [9.17, 15) is 0 Å². The fraction of sp³-hybridized carbons (Fsp3) is 0.312. The summed E-state index contributed by atoms with van der Waals surface area (Å²) in [6, 6.07) is 8.31. The summed E-state index contributed by atoms with van der Waals surface area (Å²) < 4.78 is 5.04. The molecule has 0 saturated heterocycles. The maximum atomic E-state index is 5.04. The molecule has 0 bridgehead atoms. The van der Waals surface area contributed by atoms with Crippen molar-refractivity contribution < 1.29 is 4.74 Å². The Morgan fingerprint density at radius 3 is 3.00 bits per heavy atom. The predicted octanol–water partition coefficient (Wildman–Crippen LogP) is 3.04. The Labute approximate surface area is 134 Å². The number of thioether (sulfide) groups is 1. The predicted molar refractivity (Wildman–Crippen MR) is 93.6 cm³/mol. The van der Waals surface area contributed by atoms with Gasteiger partial charge in [0.05, 0.1) is 5.70 Å². The van der Waals surface area contributed by atoms with E-state index in [1.54, 1.807) is 18.9 Å². The van der Waals surface area contributed by atoms with Crippen LogP contribution < -0.4 is 5.43 Å². The molecule has 0 fully saturated rings. The van der Waals surface area contributed by atoms with Crippen LogP contribution in [0, 0.1) is 0 Å². The van der Waals surface area contributed by atoms with Crippen LogP contribution in [0.15, 0.2) is 40.9 Å². The number of methoxy groups -OCH3 is 1. The first-order chi connectivity index (χ1) is 10.8. The number of para-hydroxylation sites is 1. The van der Waals surface area contributed by atoms with E-state index in [0.717, 1.165) is 36.0 Å². The number of benzene rings is 1. The Kier molecular flexibility index (Phi) is 4.70. The molecule has 5 nitrogen and oxygen atoms in total. The van der Waals surface area contributed by atoms with E-state index in [2.05, 4.69) is 39.0 Å². The van der Waals surface area contributed by atoms with Gasteiger partial charge in [0.15, 0.2) is 5.17 Å². The van der Waals surface area contributed by atoms with Crippen molar-refractivity contribution >= 4 is 33.5 Å². The van der Waals surface area contributed by atoms with E-state index < -0.39 is 0 Å². The molecule has 1 aromatic heterocycles. The highest BCUT2D eigenvalue weighted by molar-refractivity contribution is 8.16. The summed E-state index contributed by atoms with van der Waals surface area (Å²) in [5.74, 6) is 0. The average molecular weight is 316 g/mol. The molecule has 1 aliphatic heterocycles. The van der Waals surface area contributed by atoms with Crippen LogP contribution in [0.1, 0.15) is 12.0 Å². The minimum atomic E-state index is 0.745. The number of nitrogens with zero attached hydrogens (tertiary/aromatic N) is 2. The highest BCUT2D eigenvalue weighted by Gasteiger charge is 2.17. The monoisotopic (exact) mass is 316 g/mol. The number of aliphatic imine (C=N–C) groups is 1. The number of hydrazine groups is 1. The summed E-state index contributed by atoms with van der Waals surface area (Å²) in [5, 5.41) is 6.27. The average Bonchev–Trinajstić information content (AvgIpc) is 2.97. The number of ether oxygens (including phenoxy) is 1. The van der Waals surface area contributed by atoms with Crippen LogP contribution in [0.4, 0.5) is 0 Å². The summed E-state index contributed by atoms with van der Waals surface area (Å²) in [5.41, 5.74) is 6.80. The number of nitrogens with one attached hydrogen (secondary N) is 2. The second kappa shape index (κ2) is 6.89. The zero-order chi connectivity index (χ0) is 15.4. The van der Waals surface area contributed by atoms with Gasteiger partial charge in [-0.2, -0.15) is 0 Å². The molecule has 6 heteroatoms. The van der Waals surface area contributed by atoms with Gasteiger partial charge >= 0.3 is 0 Å². The summed E-state index contributed by atoms with van der Waals surface area (Å²) in [7, 11) is 3.70. The number of aromatic amines is 1. The summed E-state index contributed by atoms with van der Waals surface area (Å²) in [4.78, 5) is 7.90. The second-order valence-electron chi connectivity index (χ2n) is 5.08. The lowest BCUT2D eigenvalue weighted by atomic mass is 10.1. The third kappa shape index (κ3) is 3.13. The molecule has 0 aliphatic carbocycles. The van der Waals surface area contributed by atoms with Gasteiger partial charge in [0.2, 0.25) is 0 Å². The highest BCUT2D eigenvalue weighted by atomic mass is 32.2. The van der Waals surface area contributed by atoms with Gasteiger partial charge in [-0.25, -0.2) is 0 Å². The minimum absolute atomic E-state index is 0.745. The zero-order valence-corrected chi connectivity index (χ0v) is 13.6. The van der Waals surface area contributed by atoms with E-state index in [4.69, 9.17) is 4.74 Å². The van der Waals surface area contributed by atoms with Crippen molar-refractivity contribution in [3.8, 4) is 0 Å². The van der Waals surface area contributed by atoms with Crippen molar-refractivity contribution in [2.75, 3.05) is 27.3 Å². The van der Waals surface area contributed by atoms with Gasteiger partial charge in [0.1, 0.15) is 0 Å². The van der Waals surface area contributed by atoms with Gasteiger partial charge in [-0.05, 0) is 12.5 Å². The number of amidine groups is 1. The van der Waals surface area contributed by atoms with Gasteiger partial charge in [-0.1, -0.05) is 30.0 Å². The molecular weight excluding hydrogens is 296 g/mol. The van der Waals surface area contributed by atoms with Crippen LogP contribution in [-0.2, 0) is 4.74 Å². The third-order valence-electron chi connectivity index (χ3n) is 3.49. The molecule has 3 rings (SSSR count). The summed E-state index contributed by atoms with van der Waals surface area (Å²) in [6.07, 6.45) is 2.98. The molecule has 2 heterocycles. The molecule has 116 valence electrons. The van der Waals surface area contributed by atoms with Crippen LogP contribution in [0.5, 0.6) is 0 Å². The Bertz CT molecular complexity index is 707. The molecule has 0 amide bonds. The molecule has 0 saturated carbocycles. The number of rotatable bonds is 5. The number of hydrogen-bond donors (Lipinski definition) is 2. The van der Waals surface area contributed by atoms with Gasteiger partial charge < -0.3 is 9.72 Å². The first-order valence-electron chi connectivity index (χ1n) is 7.26. The SMILES string of the molecule is COCCCN=C1SC=C(c2c[nH]c3ccccc23)NN1C. The van der Waals surface area contributed by atoms with Crippen LogP contribution in [0.25, 0.3) is 16.6 Å². The van der Waals surface area contributed by atoms with Crippen LogP contribution in [-0.4, -0.2) is 42.5 Å². The molecule has 22 heavy (non-hydrogen) atoms. The summed E-state index contributed by atoms with van der Waals surface area (Å²) in [6.45, 7) is 1.52. The molecule has 0 atom stereocenters. The maximum Gasteiger partial charge on any atom is 0.182 e. The number of H-pyrrole nitrogens is 1. The standard InChI is InChI=1S/C16H20N4OS/c1-20-16(17-8-5-9-21-2)22-11-15(19-20)13-10-18-14-7-4-3-6-12(13)14/h3-4,6-7,10-11,18-19H,5,8-9H2,1-2H3. The summed E-state index contributed by atoms with van der Waals surface area (Å²) >= 11 is 1.64. The molecule has 0 radical (unpaired) electrons. The van der Waals surface area contributed by atoms with Gasteiger partial charge in [0, 0.05) is 55.4 Å². The molecular formula is C16H20N4OS. The fourth-order valence-electron chi connectivity index (χ4n) is 2.39. The largest absolute Gasteiger partial charge is 0.385 e. The Morgan fingerprint density at radius 1 is 1.32 bits per heavy atom. The van der Waals surface area contributed by atoms with E-state index >= 15 is 0 Å². The minimum Gasteiger partial charge on any atom is -0.385 e. The topological polar surface area (TPSA) is 52.6 Å². The molecule has 2 aromatic rings. The van der Waals surface area contributed by atoms with Crippen molar-refractivity contribution in [3.63, 3.8) is 0 Å². The lowest BCUT2D eigenvalue weighted by Crippen LogP contribution is -2.39. The smallest absolute Gasteiger partial charge is 0.182 e. The normalized spacial score (nSPS) is 16.9. The molecule has 2 N–H and O–H groups in total. The first kappa shape index (κ1) is 15.0. The fourth-order valence-corrected chi connectivity index (χ4v) is 3.16. The van der Waals surface area contributed by atoms with Crippen molar-refractivity contribution in [3.05, 3.63) is 41.4 Å². The van der Waals surface area contributed by atoms with Gasteiger partial charge in [0.25, 0.3) is 0 Å². The zero-order valence-electron chi connectivity index (χ0n) is 12.8. The van der Waals surface area contributed by atoms with E-state index in [0.29, 0.717) is 0 Å². The van der Waals surface area contributed by atoms with E-state index in [1.165, 1.54) is 10.9 Å². The molecule has 1 aromatic carbocycles.